The van der Waals surface area contributed by atoms with Crippen LogP contribution in [0.25, 0.3) is 11.3 Å². The average molecular weight is 408 g/mol. The van der Waals surface area contributed by atoms with E-state index in [4.69, 9.17) is 16.0 Å². The number of nitrogens with one attached hydrogen (secondary N) is 2. The molecule has 148 valence electrons. The van der Waals surface area contributed by atoms with E-state index in [1.165, 1.54) is 18.4 Å². The molecular formula is C21H22ClN7. The molecular weight excluding hydrogens is 386 g/mol. The molecule has 0 atom stereocenters. The highest BCUT2D eigenvalue weighted by molar-refractivity contribution is 5.85. The number of nitrogens with zero attached hydrogens (tertiary/aromatic N) is 4. The highest BCUT2D eigenvalue weighted by Gasteiger charge is 2.25. The fourth-order valence-corrected chi connectivity index (χ4v) is 3.01. The van der Waals surface area contributed by atoms with Crippen LogP contribution >= 0.6 is 12.4 Å². The van der Waals surface area contributed by atoms with Crippen LogP contribution in [0.5, 0.6) is 0 Å². The van der Waals surface area contributed by atoms with Crippen LogP contribution in [-0.4, -0.2) is 28.0 Å². The van der Waals surface area contributed by atoms with Crippen LogP contribution in [-0.2, 0) is 0 Å². The standard InChI is InChI=1S/C21H21N7.ClH/c22-4-6-25-18-8-17(12-24-13-18)19-9-16(15-1-2-15)10-21(27-19)28-20-7-14(11-23)3-5-26-20;/h3,5,7-10,12-13,15,25H,1-2,4,6,22H2,(H,26,27,28);1H. The van der Waals surface area contributed by atoms with Crippen molar-refractivity contribution in [3.05, 3.63) is 60.0 Å². The minimum absolute atomic E-state index is 0. The second-order valence-corrected chi connectivity index (χ2v) is 6.79. The van der Waals surface area contributed by atoms with Crippen LogP contribution in [0.15, 0.2) is 48.9 Å². The molecule has 3 heterocycles. The van der Waals surface area contributed by atoms with Gasteiger partial charge in [-0.2, -0.15) is 5.26 Å². The average Bonchev–Trinajstić information content (AvgIpc) is 3.58. The quantitative estimate of drug-likeness (QED) is 0.545. The molecule has 4 N–H and O–H groups in total. The molecule has 1 saturated carbocycles. The van der Waals surface area contributed by atoms with Gasteiger partial charge in [0.25, 0.3) is 0 Å². The number of aromatic nitrogens is 3. The minimum Gasteiger partial charge on any atom is -0.383 e. The molecule has 3 aromatic rings. The van der Waals surface area contributed by atoms with Crippen LogP contribution in [0, 0.1) is 11.3 Å². The van der Waals surface area contributed by atoms with Crippen molar-refractivity contribution in [2.24, 2.45) is 5.73 Å². The van der Waals surface area contributed by atoms with Gasteiger partial charge in [-0.1, -0.05) is 0 Å². The maximum absolute atomic E-state index is 9.09. The number of hydrogen-bond donors (Lipinski definition) is 3. The number of hydrogen-bond acceptors (Lipinski definition) is 7. The molecule has 4 rings (SSSR count). The Kier molecular flexibility index (Phi) is 6.60. The Hall–Kier alpha value is -3.21. The number of rotatable bonds is 7. The third-order valence-electron chi connectivity index (χ3n) is 4.55. The normalized spacial score (nSPS) is 12.6. The molecule has 1 aliphatic carbocycles. The van der Waals surface area contributed by atoms with Gasteiger partial charge >= 0.3 is 0 Å². The molecule has 0 saturated heterocycles. The molecule has 0 aromatic carbocycles. The van der Waals surface area contributed by atoms with E-state index in [1.54, 1.807) is 24.5 Å². The molecule has 1 fully saturated rings. The summed E-state index contributed by atoms with van der Waals surface area (Å²) in [6, 6.07) is 11.7. The van der Waals surface area contributed by atoms with Gasteiger partial charge in [-0.05, 0) is 54.7 Å². The predicted octanol–water partition coefficient (Wildman–Crippen LogP) is 3.82. The Labute approximate surface area is 175 Å². The summed E-state index contributed by atoms with van der Waals surface area (Å²) in [6.07, 6.45) is 7.59. The lowest BCUT2D eigenvalue weighted by Crippen LogP contribution is -2.13. The van der Waals surface area contributed by atoms with Crippen molar-refractivity contribution in [1.29, 1.82) is 5.26 Å². The molecule has 0 amide bonds. The van der Waals surface area contributed by atoms with E-state index < -0.39 is 0 Å². The van der Waals surface area contributed by atoms with E-state index >= 15 is 0 Å². The number of halogens is 1. The van der Waals surface area contributed by atoms with Crippen molar-refractivity contribution >= 4 is 29.7 Å². The lowest BCUT2D eigenvalue weighted by Gasteiger charge is -2.11. The molecule has 0 bridgehead atoms. The topological polar surface area (TPSA) is 113 Å². The van der Waals surface area contributed by atoms with Gasteiger partial charge in [0.05, 0.1) is 23.0 Å². The van der Waals surface area contributed by atoms with Crippen LogP contribution < -0.4 is 16.4 Å². The summed E-state index contributed by atoms with van der Waals surface area (Å²) < 4.78 is 0. The number of nitrogens with two attached hydrogens (primary N) is 1. The largest absolute Gasteiger partial charge is 0.383 e. The maximum atomic E-state index is 9.09. The summed E-state index contributed by atoms with van der Waals surface area (Å²) in [5.74, 6) is 1.89. The molecule has 0 radical (unpaired) electrons. The van der Waals surface area contributed by atoms with Gasteiger partial charge < -0.3 is 16.4 Å². The molecule has 7 nitrogen and oxygen atoms in total. The lowest BCUT2D eigenvalue weighted by atomic mass is 10.1. The Morgan fingerprint density at radius 2 is 2.00 bits per heavy atom. The predicted molar refractivity (Wildman–Crippen MR) is 116 cm³/mol. The van der Waals surface area contributed by atoms with Gasteiger partial charge in [0.15, 0.2) is 0 Å². The van der Waals surface area contributed by atoms with Crippen molar-refractivity contribution in [2.75, 3.05) is 23.7 Å². The first-order valence-electron chi connectivity index (χ1n) is 9.29. The highest BCUT2D eigenvalue weighted by Crippen LogP contribution is 2.42. The third-order valence-corrected chi connectivity index (χ3v) is 4.55. The number of nitriles is 1. The molecule has 0 unspecified atom stereocenters. The second-order valence-electron chi connectivity index (χ2n) is 6.79. The molecule has 29 heavy (non-hydrogen) atoms. The molecule has 3 aromatic heterocycles. The molecule has 0 spiro atoms. The Morgan fingerprint density at radius 3 is 2.76 bits per heavy atom. The van der Waals surface area contributed by atoms with Crippen molar-refractivity contribution in [3.63, 3.8) is 0 Å². The second kappa shape index (κ2) is 9.32. The van der Waals surface area contributed by atoms with Crippen molar-refractivity contribution in [1.82, 2.24) is 15.0 Å². The van der Waals surface area contributed by atoms with Crippen LogP contribution in [0.2, 0.25) is 0 Å². The van der Waals surface area contributed by atoms with Crippen molar-refractivity contribution < 1.29 is 0 Å². The Balaban J connectivity index is 0.00000240. The summed E-state index contributed by atoms with van der Waals surface area (Å²) in [4.78, 5) is 13.4. The Morgan fingerprint density at radius 1 is 1.14 bits per heavy atom. The fourth-order valence-electron chi connectivity index (χ4n) is 3.01. The smallest absolute Gasteiger partial charge is 0.132 e. The van der Waals surface area contributed by atoms with Gasteiger partial charge in [-0.15, -0.1) is 12.4 Å². The van der Waals surface area contributed by atoms with Gasteiger partial charge in [0.1, 0.15) is 11.6 Å². The van der Waals surface area contributed by atoms with E-state index in [0.29, 0.717) is 36.2 Å². The van der Waals surface area contributed by atoms with E-state index in [1.807, 2.05) is 12.3 Å². The minimum atomic E-state index is 0. The lowest BCUT2D eigenvalue weighted by molar-refractivity contribution is 1.02. The number of pyridine rings is 3. The van der Waals surface area contributed by atoms with Gasteiger partial charge in [-0.3, -0.25) is 4.98 Å². The number of anilines is 3. The SMILES string of the molecule is Cl.N#Cc1ccnc(Nc2cc(C3CC3)cc(-c3cncc(NCCN)c3)n2)c1. The van der Waals surface area contributed by atoms with E-state index in [2.05, 4.69) is 38.8 Å². The first-order valence-corrected chi connectivity index (χ1v) is 9.29. The Bertz CT molecular complexity index is 1030. The van der Waals surface area contributed by atoms with E-state index in [0.717, 1.165) is 16.9 Å². The van der Waals surface area contributed by atoms with Gasteiger partial charge in [-0.25, -0.2) is 9.97 Å². The van der Waals surface area contributed by atoms with Gasteiger partial charge in [0.2, 0.25) is 0 Å². The third kappa shape index (κ3) is 5.19. The summed E-state index contributed by atoms with van der Waals surface area (Å²) in [5, 5.41) is 15.6. The summed E-state index contributed by atoms with van der Waals surface area (Å²) in [7, 11) is 0. The molecule has 8 heteroatoms. The molecule has 1 aliphatic rings. The molecule has 0 aliphatic heterocycles. The summed E-state index contributed by atoms with van der Waals surface area (Å²) in [5.41, 5.74) is 10.1. The monoisotopic (exact) mass is 407 g/mol. The zero-order valence-electron chi connectivity index (χ0n) is 15.8. The fraction of sp³-hybridized carbons (Fsp3) is 0.238. The zero-order valence-corrected chi connectivity index (χ0v) is 16.6. The van der Waals surface area contributed by atoms with E-state index in [9.17, 15) is 0 Å². The van der Waals surface area contributed by atoms with Crippen LogP contribution in [0.3, 0.4) is 0 Å². The first kappa shape index (κ1) is 20.5. The van der Waals surface area contributed by atoms with E-state index in [-0.39, 0.29) is 12.4 Å². The first-order chi connectivity index (χ1) is 13.7. The summed E-state index contributed by atoms with van der Waals surface area (Å²) >= 11 is 0. The maximum Gasteiger partial charge on any atom is 0.132 e. The van der Waals surface area contributed by atoms with Crippen molar-refractivity contribution in [2.45, 2.75) is 18.8 Å². The van der Waals surface area contributed by atoms with Crippen molar-refractivity contribution in [3.8, 4) is 17.3 Å². The summed E-state index contributed by atoms with van der Waals surface area (Å²) in [6.45, 7) is 1.25. The van der Waals surface area contributed by atoms with Crippen LogP contribution in [0.1, 0.15) is 29.9 Å². The van der Waals surface area contributed by atoms with Crippen LogP contribution in [0.4, 0.5) is 17.3 Å². The zero-order chi connectivity index (χ0) is 19.3. The van der Waals surface area contributed by atoms with Gasteiger partial charge in [0, 0.05) is 37.2 Å². The highest BCUT2D eigenvalue weighted by atomic mass is 35.5.